The van der Waals surface area contributed by atoms with E-state index in [1.165, 1.54) is 31.4 Å². The summed E-state index contributed by atoms with van der Waals surface area (Å²) in [5.74, 6) is -0.176. The molecule has 6 nitrogen and oxygen atoms in total. The molecule has 0 saturated carbocycles. The number of nitrogens with one attached hydrogen (secondary N) is 1. The van der Waals surface area contributed by atoms with Crippen molar-refractivity contribution in [2.45, 2.75) is 17.7 Å². The highest BCUT2D eigenvalue weighted by Crippen LogP contribution is 2.23. The standard InChI is InChI=1S/C23H27FN2O4S.ClH/c1-30-21-8-7-19(31(2)29)15-20(21)23(28)25-11-14-26-12-9-17(10-13-26)22(27)16-3-5-18(24)6-4-16;/h3-8,15,17H,9-14H2,1-2H3,(H,25,28);1H. The molecule has 1 aliphatic rings. The van der Waals surface area contributed by atoms with Gasteiger partial charge in [0, 0.05) is 46.5 Å². The summed E-state index contributed by atoms with van der Waals surface area (Å²) in [6.45, 7) is 2.66. The lowest BCUT2D eigenvalue weighted by Crippen LogP contribution is -2.41. The van der Waals surface area contributed by atoms with E-state index in [-0.39, 0.29) is 35.8 Å². The van der Waals surface area contributed by atoms with Crippen LogP contribution in [-0.4, -0.2) is 60.3 Å². The smallest absolute Gasteiger partial charge is 0.255 e. The van der Waals surface area contributed by atoms with Gasteiger partial charge in [0.1, 0.15) is 11.6 Å². The number of hydrogen-bond acceptors (Lipinski definition) is 5. The molecule has 0 aromatic heterocycles. The highest BCUT2D eigenvalue weighted by atomic mass is 35.5. The summed E-state index contributed by atoms with van der Waals surface area (Å²) in [5.41, 5.74) is 0.912. The summed E-state index contributed by atoms with van der Waals surface area (Å²) in [4.78, 5) is 27.9. The van der Waals surface area contributed by atoms with Crippen LogP contribution in [0.4, 0.5) is 4.39 Å². The summed E-state index contributed by atoms with van der Waals surface area (Å²) >= 11 is 0. The van der Waals surface area contributed by atoms with Crippen molar-refractivity contribution < 1.29 is 22.9 Å². The minimum Gasteiger partial charge on any atom is -0.496 e. The van der Waals surface area contributed by atoms with E-state index in [1.54, 1.807) is 24.5 Å². The van der Waals surface area contributed by atoms with Gasteiger partial charge in [-0.3, -0.25) is 13.8 Å². The Morgan fingerprint density at radius 2 is 1.81 bits per heavy atom. The number of methoxy groups -OCH3 is 1. The van der Waals surface area contributed by atoms with Crippen molar-refractivity contribution in [2.75, 3.05) is 39.5 Å². The van der Waals surface area contributed by atoms with Crippen molar-refractivity contribution in [3.8, 4) is 5.75 Å². The number of carbonyl (C=O) groups is 2. The monoisotopic (exact) mass is 482 g/mol. The number of ketones is 1. The van der Waals surface area contributed by atoms with E-state index in [1.807, 2.05) is 0 Å². The van der Waals surface area contributed by atoms with Gasteiger partial charge in [-0.15, -0.1) is 12.4 Å². The molecule has 0 bridgehead atoms. The summed E-state index contributed by atoms with van der Waals surface area (Å²) in [5, 5.41) is 2.89. The molecule has 1 amide bonds. The summed E-state index contributed by atoms with van der Waals surface area (Å²) in [6, 6.07) is 10.6. The van der Waals surface area contributed by atoms with Gasteiger partial charge in [0.15, 0.2) is 5.78 Å². The number of rotatable bonds is 8. The third-order valence-electron chi connectivity index (χ3n) is 5.55. The number of benzene rings is 2. The molecule has 2 aromatic carbocycles. The molecule has 0 spiro atoms. The van der Waals surface area contributed by atoms with Crippen LogP contribution in [0.25, 0.3) is 0 Å². The van der Waals surface area contributed by atoms with E-state index in [9.17, 15) is 18.2 Å². The predicted octanol–water partition coefficient (Wildman–Crippen LogP) is 3.32. The van der Waals surface area contributed by atoms with Gasteiger partial charge in [-0.05, 0) is 68.4 Å². The second-order valence-electron chi connectivity index (χ2n) is 7.56. The van der Waals surface area contributed by atoms with Crippen LogP contribution in [0.3, 0.4) is 0 Å². The second-order valence-corrected chi connectivity index (χ2v) is 8.94. The van der Waals surface area contributed by atoms with Gasteiger partial charge in [-0.25, -0.2) is 4.39 Å². The van der Waals surface area contributed by atoms with Crippen LogP contribution in [-0.2, 0) is 10.8 Å². The van der Waals surface area contributed by atoms with Gasteiger partial charge in [0.2, 0.25) is 0 Å². The van der Waals surface area contributed by atoms with Crippen LogP contribution in [0.5, 0.6) is 5.75 Å². The normalized spacial score (nSPS) is 15.5. The zero-order valence-electron chi connectivity index (χ0n) is 18.1. The number of ether oxygens (including phenoxy) is 1. The van der Waals surface area contributed by atoms with Crippen LogP contribution >= 0.6 is 12.4 Å². The molecule has 1 fully saturated rings. The number of hydrogen-bond donors (Lipinski definition) is 1. The Morgan fingerprint density at radius 1 is 1.16 bits per heavy atom. The summed E-state index contributed by atoms with van der Waals surface area (Å²) in [6.07, 6.45) is 3.04. The fourth-order valence-electron chi connectivity index (χ4n) is 3.73. The average Bonchev–Trinajstić information content (AvgIpc) is 2.79. The number of likely N-dealkylation sites (tertiary alicyclic amines) is 1. The van der Waals surface area contributed by atoms with Gasteiger partial charge >= 0.3 is 0 Å². The molecule has 3 rings (SSSR count). The number of carbonyl (C=O) groups excluding carboxylic acids is 2. The van der Waals surface area contributed by atoms with Gasteiger partial charge in [0.05, 0.1) is 12.7 Å². The number of piperidine rings is 1. The molecule has 1 aliphatic heterocycles. The second kappa shape index (κ2) is 12.1. The number of amides is 1. The first kappa shape index (κ1) is 26.0. The van der Waals surface area contributed by atoms with Crippen molar-refractivity contribution in [1.82, 2.24) is 10.2 Å². The Morgan fingerprint density at radius 3 is 2.41 bits per heavy atom. The zero-order valence-corrected chi connectivity index (χ0v) is 19.8. The van der Waals surface area contributed by atoms with E-state index in [0.717, 1.165) is 25.9 Å². The quantitative estimate of drug-likeness (QED) is 0.584. The first-order valence-electron chi connectivity index (χ1n) is 10.2. The lowest BCUT2D eigenvalue weighted by Gasteiger charge is -2.31. The molecule has 0 radical (unpaired) electrons. The van der Waals surface area contributed by atoms with Crippen molar-refractivity contribution in [3.05, 3.63) is 59.4 Å². The first-order valence-corrected chi connectivity index (χ1v) is 11.8. The Hall–Kier alpha value is -2.29. The van der Waals surface area contributed by atoms with E-state index < -0.39 is 10.8 Å². The predicted molar refractivity (Wildman–Crippen MR) is 125 cm³/mol. The Labute approximate surface area is 196 Å². The van der Waals surface area contributed by atoms with E-state index in [2.05, 4.69) is 10.2 Å². The molecule has 1 atom stereocenters. The van der Waals surface area contributed by atoms with Gasteiger partial charge in [-0.2, -0.15) is 0 Å². The lowest BCUT2D eigenvalue weighted by atomic mass is 9.89. The molecular weight excluding hydrogens is 455 g/mol. The molecule has 174 valence electrons. The highest BCUT2D eigenvalue weighted by molar-refractivity contribution is 7.84. The molecular formula is C23H28ClFN2O4S. The Balaban J connectivity index is 0.00000363. The Bertz CT molecular complexity index is 963. The topological polar surface area (TPSA) is 75.7 Å². The van der Waals surface area contributed by atoms with Crippen LogP contribution in [0.15, 0.2) is 47.4 Å². The molecule has 1 unspecified atom stereocenters. The molecule has 1 heterocycles. The third kappa shape index (κ3) is 6.60. The molecule has 2 aromatic rings. The average molecular weight is 483 g/mol. The molecule has 1 saturated heterocycles. The minimum atomic E-state index is -1.19. The van der Waals surface area contributed by atoms with Crippen LogP contribution < -0.4 is 10.1 Å². The van der Waals surface area contributed by atoms with Crippen LogP contribution in [0, 0.1) is 11.7 Å². The maximum Gasteiger partial charge on any atom is 0.255 e. The highest BCUT2D eigenvalue weighted by Gasteiger charge is 2.25. The van der Waals surface area contributed by atoms with Crippen LogP contribution in [0.1, 0.15) is 33.6 Å². The van der Waals surface area contributed by atoms with Gasteiger partial charge < -0.3 is 15.0 Å². The molecule has 0 aliphatic carbocycles. The molecule has 32 heavy (non-hydrogen) atoms. The first-order chi connectivity index (χ1) is 14.9. The maximum atomic E-state index is 13.1. The SMILES string of the molecule is COc1ccc(S(C)=O)cc1C(=O)NCCN1CCC(C(=O)c2ccc(F)cc2)CC1.Cl. The zero-order chi connectivity index (χ0) is 22.4. The summed E-state index contributed by atoms with van der Waals surface area (Å²) in [7, 11) is 0.304. The van der Waals surface area contributed by atoms with Crippen molar-refractivity contribution in [2.24, 2.45) is 5.92 Å². The molecule has 1 N–H and O–H groups in total. The van der Waals surface area contributed by atoms with Crippen molar-refractivity contribution in [1.29, 1.82) is 0 Å². The maximum absolute atomic E-state index is 13.1. The fraction of sp³-hybridized carbons (Fsp3) is 0.391. The fourth-order valence-corrected chi connectivity index (χ4v) is 4.28. The van der Waals surface area contributed by atoms with E-state index in [0.29, 0.717) is 34.9 Å². The van der Waals surface area contributed by atoms with Crippen LogP contribution in [0.2, 0.25) is 0 Å². The van der Waals surface area contributed by atoms with Gasteiger partial charge in [0.25, 0.3) is 5.91 Å². The Kier molecular flexibility index (Phi) is 9.81. The van der Waals surface area contributed by atoms with E-state index >= 15 is 0 Å². The summed E-state index contributed by atoms with van der Waals surface area (Å²) < 4.78 is 30.0. The van der Waals surface area contributed by atoms with Crippen molar-refractivity contribution >= 4 is 34.9 Å². The lowest BCUT2D eigenvalue weighted by molar-refractivity contribution is 0.0839. The van der Waals surface area contributed by atoms with Crippen molar-refractivity contribution in [3.63, 3.8) is 0 Å². The third-order valence-corrected chi connectivity index (χ3v) is 6.47. The van der Waals surface area contributed by atoms with Gasteiger partial charge in [-0.1, -0.05) is 0 Å². The molecule has 9 heteroatoms. The van der Waals surface area contributed by atoms with E-state index in [4.69, 9.17) is 4.74 Å². The largest absolute Gasteiger partial charge is 0.496 e. The minimum absolute atomic E-state index is 0. The number of halogens is 2. The number of nitrogens with zero attached hydrogens (tertiary/aromatic N) is 1. The number of Topliss-reactive ketones (excluding diaryl/α,β-unsaturated/α-hetero) is 1.